The number of hydrogen-bond donors (Lipinski definition) is 2. The molecule has 0 aromatic heterocycles. The van der Waals surface area contributed by atoms with Crippen LogP contribution in [0, 0.1) is 0 Å². The largest absolute Gasteiger partial charge is 0.350 e. The van der Waals surface area contributed by atoms with Gasteiger partial charge in [0.05, 0.1) is 4.90 Å². The van der Waals surface area contributed by atoms with Crippen LogP contribution < -0.4 is 10.0 Å². The first-order valence-electron chi connectivity index (χ1n) is 7.00. The Morgan fingerprint density at radius 3 is 2.43 bits per heavy atom. The molecule has 1 unspecified atom stereocenters. The molecule has 0 bridgehead atoms. The molecule has 0 aliphatic rings. The predicted molar refractivity (Wildman–Crippen MR) is 83.7 cm³/mol. The second-order valence-electron chi connectivity index (χ2n) is 6.17. The summed E-state index contributed by atoms with van der Waals surface area (Å²) < 4.78 is 27.1. The first-order chi connectivity index (χ1) is 9.55. The molecule has 0 aliphatic heterocycles. The van der Waals surface area contributed by atoms with Gasteiger partial charge >= 0.3 is 0 Å². The quantitative estimate of drug-likeness (QED) is 0.876. The van der Waals surface area contributed by atoms with Gasteiger partial charge in [0.1, 0.15) is 0 Å². The average Bonchev–Trinajstić information content (AvgIpc) is 2.36. The Bertz CT molecular complexity index is 604. The van der Waals surface area contributed by atoms with Crippen LogP contribution >= 0.6 is 0 Å². The lowest BCUT2D eigenvalue weighted by Gasteiger charge is -2.20. The lowest BCUT2D eigenvalue weighted by molar-refractivity contribution is 0.0939. The van der Waals surface area contributed by atoms with Crippen molar-refractivity contribution in [2.45, 2.75) is 57.5 Å². The molecule has 2 N–H and O–H groups in total. The molecular weight excluding hydrogens is 288 g/mol. The molecule has 1 amide bonds. The van der Waals surface area contributed by atoms with Gasteiger partial charge in [-0.05, 0) is 52.3 Å². The molecule has 1 rings (SSSR count). The van der Waals surface area contributed by atoms with Crippen molar-refractivity contribution >= 4 is 15.9 Å². The molecule has 0 fully saturated rings. The lowest BCUT2D eigenvalue weighted by Crippen LogP contribution is -2.40. The second-order valence-corrected chi connectivity index (χ2v) is 7.85. The normalized spacial score (nSPS) is 13.8. The van der Waals surface area contributed by atoms with Crippen molar-refractivity contribution in [1.29, 1.82) is 0 Å². The van der Waals surface area contributed by atoms with Gasteiger partial charge in [-0.3, -0.25) is 4.79 Å². The molecule has 0 saturated heterocycles. The highest BCUT2D eigenvalue weighted by Crippen LogP contribution is 2.14. The maximum Gasteiger partial charge on any atom is 0.251 e. The number of hydrogen-bond acceptors (Lipinski definition) is 3. The summed E-state index contributed by atoms with van der Waals surface area (Å²) in [5.41, 5.74) is -0.236. The van der Waals surface area contributed by atoms with E-state index in [4.69, 9.17) is 0 Å². The van der Waals surface area contributed by atoms with Crippen molar-refractivity contribution in [2.75, 3.05) is 0 Å². The van der Waals surface area contributed by atoms with Crippen molar-refractivity contribution in [1.82, 2.24) is 10.0 Å². The van der Waals surface area contributed by atoms with Crippen LogP contribution in [0.1, 0.15) is 51.4 Å². The third-order valence-corrected chi connectivity index (χ3v) is 4.59. The number of carbonyl (C=O) groups excluding carboxylic acids is 1. The molecule has 1 aromatic rings. The van der Waals surface area contributed by atoms with Crippen LogP contribution in [-0.2, 0) is 10.0 Å². The molecule has 0 radical (unpaired) electrons. The molecule has 118 valence electrons. The number of carbonyl (C=O) groups is 1. The van der Waals surface area contributed by atoms with E-state index in [9.17, 15) is 13.2 Å². The van der Waals surface area contributed by atoms with E-state index < -0.39 is 15.6 Å². The van der Waals surface area contributed by atoms with Gasteiger partial charge in [0.25, 0.3) is 5.91 Å². The Hall–Kier alpha value is -1.40. The SMILES string of the molecule is CCC(C)NC(=O)c1cccc(S(=O)(=O)NC(C)(C)C)c1. The highest BCUT2D eigenvalue weighted by atomic mass is 32.2. The van der Waals surface area contributed by atoms with E-state index in [1.807, 2.05) is 13.8 Å². The molecule has 1 atom stereocenters. The van der Waals surface area contributed by atoms with Gasteiger partial charge < -0.3 is 5.32 Å². The molecule has 1 aromatic carbocycles. The van der Waals surface area contributed by atoms with Gasteiger partial charge in [-0.1, -0.05) is 13.0 Å². The fourth-order valence-electron chi connectivity index (χ4n) is 1.68. The van der Waals surface area contributed by atoms with Crippen LogP contribution in [0.3, 0.4) is 0 Å². The maximum atomic E-state index is 12.3. The highest BCUT2D eigenvalue weighted by Gasteiger charge is 2.22. The topological polar surface area (TPSA) is 75.3 Å². The number of amides is 1. The zero-order chi connectivity index (χ0) is 16.3. The second kappa shape index (κ2) is 6.58. The third kappa shape index (κ3) is 5.47. The monoisotopic (exact) mass is 312 g/mol. The summed E-state index contributed by atoms with van der Waals surface area (Å²) in [7, 11) is -3.64. The van der Waals surface area contributed by atoms with Crippen molar-refractivity contribution in [3.63, 3.8) is 0 Å². The predicted octanol–water partition coefficient (Wildman–Crippen LogP) is 2.29. The maximum absolute atomic E-state index is 12.3. The Kier molecular flexibility index (Phi) is 5.53. The fraction of sp³-hybridized carbons (Fsp3) is 0.533. The lowest BCUT2D eigenvalue weighted by atomic mass is 10.1. The minimum absolute atomic E-state index is 0.0467. The Morgan fingerprint density at radius 1 is 1.29 bits per heavy atom. The summed E-state index contributed by atoms with van der Waals surface area (Å²) in [4.78, 5) is 12.1. The number of benzene rings is 1. The number of rotatable bonds is 5. The Labute approximate surface area is 127 Å². The first-order valence-corrected chi connectivity index (χ1v) is 8.48. The molecule has 5 nitrogen and oxygen atoms in total. The van der Waals surface area contributed by atoms with E-state index in [0.29, 0.717) is 5.56 Å². The van der Waals surface area contributed by atoms with E-state index in [-0.39, 0.29) is 16.8 Å². The number of nitrogens with one attached hydrogen (secondary N) is 2. The van der Waals surface area contributed by atoms with Crippen LogP contribution in [0.15, 0.2) is 29.2 Å². The van der Waals surface area contributed by atoms with Crippen molar-refractivity contribution in [2.24, 2.45) is 0 Å². The van der Waals surface area contributed by atoms with Gasteiger partial charge in [0.15, 0.2) is 0 Å². The molecule has 0 heterocycles. The molecule has 0 spiro atoms. The zero-order valence-corrected chi connectivity index (χ0v) is 14.0. The minimum atomic E-state index is -3.64. The average molecular weight is 312 g/mol. The summed E-state index contributed by atoms with van der Waals surface area (Å²) in [6, 6.07) is 6.10. The Balaban J connectivity index is 3.03. The first kappa shape index (κ1) is 17.7. The summed E-state index contributed by atoms with van der Waals surface area (Å²) >= 11 is 0. The van der Waals surface area contributed by atoms with E-state index in [1.165, 1.54) is 12.1 Å². The summed E-state index contributed by atoms with van der Waals surface area (Å²) in [5, 5.41) is 2.82. The summed E-state index contributed by atoms with van der Waals surface area (Å²) in [6.45, 7) is 9.18. The zero-order valence-electron chi connectivity index (χ0n) is 13.2. The number of sulfonamides is 1. The van der Waals surface area contributed by atoms with Crippen LogP contribution in [0.5, 0.6) is 0 Å². The summed E-state index contributed by atoms with van der Waals surface area (Å²) in [6.07, 6.45) is 0.815. The van der Waals surface area contributed by atoms with Crippen molar-refractivity contribution in [3.05, 3.63) is 29.8 Å². The van der Waals surface area contributed by atoms with Crippen LogP contribution in [0.2, 0.25) is 0 Å². The standard InChI is InChI=1S/C15H24N2O3S/c1-6-11(2)16-14(18)12-8-7-9-13(10-12)21(19,20)17-15(3,4)5/h7-11,17H,6H2,1-5H3,(H,16,18). The van der Waals surface area contributed by atoms with Crippen molar-refractivity contribution < 1.29 is 13.2 Å². The van der Waals surface area contributed by atoms with Gasteiger partial charge in [-0.25, -0.2) is 13.1 Å². The van der Waals surface area contributed by atoms with Crippen LogP contribution in [-0.4, -0.2) is 25.9 Å². The van der Waals surface area contributed by atoms with E-state index in [1.54, 1.807) is 32.9 Å². The Morgan fingerprint density at radius 2 is 1.90 bits per heavy atom. The third-order valence-electron chi connectivity index (χ3n) is 2.84. The van der Waals surface area contributed by atoms with Gasteiger partial charge in [0, 0.05) is 17.1 Å². The van der Waals surface area contributed by atoms with E-state index >= 15 is 0 Å². The highest BCUT2D eigenvalue weighted by molar-refractivity contribution is 7.89. The summed E-state index contributed by atoms with van der Waals surface area (Å²) in [5.74, 6) is -0.267. The molecule has 6 heteroatoms. The minimum Gasteiger partial charge on any atom is -0.350 e. The van der Waals surface area contributed by atoms with Crippen LogP contribution in [0.4, 0.5) is 0 Å². The molecule has 21 heavy (non-hydrogen) atoms. The smallest absolute Gasteiger partial charge is 0.251 e. The molecular formula is C15H24N2O3S. The fourth-order valence-corrected chi connectivity index (χ4v) is 3.14. The molecule has 0 saturated carbocycles. The van der Waals surface area contributed by atoms with Gasteiger partial charge in [0.2, 0.25) is 10.0 Å². The van der Waals surface area contributed by atoms with E-state index in [2.05, 4.69) is 10.0 Å². The van der Waals surface area contributed by atoms with Gasteiger partial charge in [-0.2, -0.15) is 0 Å². The van der Waals surface area contributed by atoms with Crippen molar-refractivity contribution in [3.8, 4) is 0 Å². The van der Waals surface area contributed by atoms with Crippen LogP contribution in [0.25, 0.3) is 0 Å². The van der Waals surface area contributed by atoms with Gasteiger partial charge in [-0.15, -0.1) is 0 Å². The van der Waals surface area contributed by atoms with E-state index in [0.717, 1.165) is 6.42 Å². The molecule has 0 aliphatic carbocycles.